The van der Waals surface area contributed by atoms with Gasteiger partial charge in [0.2, 0.25) is 11.0 Å². The number of pyridine rings is 1. The molecule has 0 radical (unpaired) electrons. The van der Waals surface area contributed by atoms with E-state index in [0.717, 1.165) is 12.3 Å². The maximum Gasteiger partial charge on any atom is 0.213 e. The third-order valence-electron chi connectivity index (χ3n) is 5.00. The maximum atomic E-state index is 6.02. The number of rotatable bonds is 5. The number of likely N-dealkylation sites (N-methyl/N-ethyl adjacent to an activating group) is 1. The Labute approximate surface area is 172 Å². The Morgan fingerprint density at radius 3 is 2.25 bits per heavy atom. The number of para-hydroxylation sites is 1. The third kappa shape index (κ3) is 3.82. The smallest absolute Gasteiger partial charge is 0.213 e. The zero-order valence-electron chi connectivity index (χ0n) is 16.5. The molecule has 0 aliphatic heterocycles. The molecule has 0 saturated heterocycles. The predicted octanol–water partition coefficient (Wildman–Crippen LogP) is 1.43. The molecule has 144 valence electrons. The van der Waals surface area contributed by atoms with E-state index in [1.807, 2.05) is 0 Å². The minimum atomic E-state index is 0. The molecule has 4 rings (SSSR count). The van der Waals surface area contributed by atoms with Crippen LogP contribution in [0.5, 0.6) is 5.75 Å². The molecule has 0 unspecified atom stereocenters. The number of ether oxygens (including phenoxy) is 1. The van der Waals surface area contributed by atoms with Gasteiger partial charge in [-0.1, -0.05) is 42.5 Å². The fraction of sp³-hybridized carbons (Fsp3) is 0.208. The largest absolute Gasteiger partial charge is 1.00 e. The molecule has 0 N–H and O–H groups in total. The molecule has 4 heteroatoms. The van der Waals surface area contributed by atoms with Crippen LogP contribution in [0.2, 0.25) is 0 Å². The van der Waals surface area contributed by atoms with Gasteiger partial charge in [-0.3, -0.25) is 0 Å². The van der Waals surface area contributed by atoms with Gasteiger partial charge < -0.3 is 22.0 Å². The lowest BCUT2D eigenvalue weighted by atomic mass is 9.95. The summed E-state index contributed by atoms with van der Waals surface area (Å²) in [6.45, 7) is 1.58. The first-order valence-electron chi connectivity index (χ1n) is 9.32. The second kappa shape index (κ2) is 8.59. The van der Waals surface area contributed by atoms with Crippen LogP contribution < -0.4 is 21.7 Å². The summed E-state index contributed by atoms with van der Waals surface area (Å²) in [6, 6.07) is 25.6. The van der Waals surface area contributed by atoms with E-state index in [2.05, 4.69) is 103 Å². The minimum Gasteiger partial charge on any atom is -1.00 e. The second-order valence-electron chi connectivity index (χ2n) is 7.15. The second-order valence-corrected chi connectivity index (χ2v) is 7.15. The molecule has 1 heterocycles. The molecule has 0 fully saturated rings. The van der Waals surface area contributed by atoms with Crippen LogP contribution in [-0.2, 0) is 7.05 Å². The van der Waals surface area contributed by atoms with Gasteiger partial charge in [-0.05, 0) is 37.9 Å². The highest BCUT2D eigenvalue weighted by molar-refractivity contribution is 6.07. The highest BCUT2D eigenvalue weighted by atomic mass is 35.5. The molecule has 3 aromatic carbocycles. The highest BCUT2D eigenvalue weighted by Crippen LogP contribution is 2.35. The first-order valence-corrected chi connectivity index (χ1v) is 9.32. The predicted molar refractivity (Wildman–Crippen MR) is 112 cm³/mol. The number of aryl methyl sites for hydroxylation is 1. The summed E-state index contributed by atoms with van der Waals surface area (Å²) in [6.07, 6.45) is 0. The minimum absolute atomic E-state index is 0. The van der Waals surface area contributed by atoms with Gasteiger partial charge >= 0.3 is 0 Å². The van der Waals surface area contributed by atoms with Gasteiger partial charge in [0, 0.05) is 24.2 Å². The van der Waals surface area contributed by atoms with Crippen LogP contribution in [-0.4, -0.2) is 32.1 Å². The Morgan fingerprint density at radius 1 is 0.821 bits per heavy atom. The number of hydrogen-bond acceptors (Lipinski definition) is 2. The van der Waals surface area contributed by atoms with Gasteiger partial charge in [0.15, 0.2) is 0 Å². The van der Waals surface area contributed by atoms with E-state index >= 15 is 0 Å². The molecule has 1 aromatic heterocycles. The Bertz CT molecular complexity index is 1090. The molecular weight excluding hydrogens is 368 g/mol. The van der Waals surface area contributed by atoms with E-state index in [1.165, 1.54) is 32.9 Å². The molecule has 0 atom stereocenters. The molecule has 0 spiro atoms. The van der Waals surface area contributed by atoms with Crippen LogP contribution in [0.3, 0.4) is 0 Å². The molecule has 4 aromatic rings. The molecular formula is C24H25ClN2O. The van der Waals surface area contributed by atoms with E-state index in [0.29, 0.717) is 6.61 Å². The zero-order chi connectivity index (χ0) is 18.8. The molecule has 0 saturated carbocycles. The average Bonchev–Trinajstić information content (AvgIpc) is 2.69. The number of fused-ring (bicyclic) bond motifs is 2. The number of hydrogen-bond donors (Lipinski definition) is 0. The van der Waals surface area contributed by atoms with Crippen LogP contribution in [0, 0.1) is 0 Å². The topological polar surface area (TPSA) is 16.4 Å². The Hall–Kier alpha value is -2.62. The van der Waals surface area contributed by atoms with Crippen molar-refractivity contribution in [1.29, 1.82) is 0 Å². The third-order valence-corrected chi connectivity index (χ3v) is 5.00. The van der Waals surface area contributed by atoms with Crippen LogP contribution in [0.4, 0.5) is 0 Å². The Kier molecular flexibility index (Phi) is 6.18. The first kappa shape index (κ1) is 20.1. The first-order chi connectivity index (χ1) is 13.1. The van der Waals surface area contributed by atoms with Crippen molar-refractivity contribution >= 4 is 21.8 Å². The van der Waals surface area contributed by atoms with Crippen molar-refractivity contribution in [2.24, 2.45) is 7.05 Å². The maximum absolute atomic E-state index is 6.02. The quantitative estimate of drug-likeness (QED) is 0.377. The Morgan fingerprint density at radius 2 is 1.50 bits per heavy atom. The van der Waals surface area contributed by atoms with E-state index < -0.39 is 0 Å². The van der Waals surface area contributed by atoms with E-state index in [9.17, 15) is 0 Å². The Balaban J connectivity index is 0.00000225. The highest BCUT2D eigenvalue weighted by Gasteiger charge is 2.19. The van der Waals surface area contributed by atoms with Crippen molar-refractivity contribution < 1.29 is 21.7 Å². The number of benzene rings is 3. The summed E-state index contributed by atoms with van der Waals surface area (Å²) in [5.74, 6) is 0.914. The monoisotopic (exact) mass is 392 g/mol. The van der Waals surface area contributed by atoms with Crippen molar-refractivity contribution in [1.82, 2.24) is 4.90 Å². The molecule has 28 heavy (non-hydrogen) atoms. The van der Waals surface area contributed by atoms with Crippen molar-refractivity contribution in [2.75, 3.05) is 27.2 Å². The number of halogens is 1. The van der Waals surface area contributed by atoms with Crippen molar-refractivity contribution in [3.8, 4) is 16.9 Å². The summed E-state index contributed by atoms with van der Waals surface area (Å²) < 4.78 is 8.28. The fourth-order valence-corrected chi connectivity index (χ4v) is 3.61. The van der Waals surface area contributed by atoms with Crippen LogP contribution >= 0.6 is 0 Å². The average molecular weight is 393 g/mol. The lowest BCUT2D eigenvalue weighted by Gasteiger charge is -2.13. The van der Waals surface area contributed by atoms with E-state index in [1.54, 1.807) is 0 Å². The lowest BCUT2D eigenvalue weighted by Crippen LogP contribution is -3.00. The summed E-state index contributed by atoms with van der Waals surface area (Å²) in [4.78, 5) is 2.13. The summed E-state index contributed by atoms with van der Waals surface area (Å²) in [5.41, 5.74) is 4.92. The molecule has 0 aliphatic carbocycles. The van der Waals surface area contributed by atoms with Gasteiger partial charge in [0.05, 0.1) is 10.8 Å². The van der Waals surface area contributed by atoms with Crippen molar-refractivity contribution in [3.05, 3.63) is 72.8 Å². The van der Waals surface area contributed by atoms with Crippen LogP contribution in [0.15, 0.2) is 72.8 Å². The van der Waals surface area contributed by atoms with Crippen LogP contribution in [0.25, 0.3) is 32.9 Å². The van der Waals surface area contributed by atoms with E-state index in [-0.39, 0.29) is 12.4 Å². The van der Waals surface area contributed by atoms with Gasteiger partial charge in [0.1, 0.15) is 19.4 Å². The van der Waals surface area contributed by atoms with E-state index in [4.69, 9.17) is 4.74 Å². The van der Waals surface area contributed by atoms with Crippen LogP contribution in [0.1, 0.15) is 0 Å². The van der Waals surface area contributed by atoms with Gasteiger partial charge in [-0.25, -0.2) is 0 Å². The number of aromatic nitrogens is 1. The zero-order valence-corrected chi connectivity index (χ0v) is 17.3. The van der Waals surface area contributed by atoms with Gasteiger partial charge in [-0.15, -0.1) is 0 Å². The summed E-state index contributed by atoms with van der Waals surface area (Å²) in [7, 11) is 6.25. The SMILES string of the molecule is CN(C)CCOc1ccc2c(c1)c(-c1ccccc1)c1ccccc1[n+]2C.[Cl-]. The number of nitrogens with zero attached hydrogens (tertiary/aromatic N) is 2. The fourth-order valence-electron chi connectivity index (χ4n) is 3.61. The van der Waals surface area contributed by atoms with Crippen molar-refractivity contribution in [2.45, 2.75) is 0 Å². The normalized spacial score (nSPS) is 11.0. The molecule has 0 aliphatic rings. The molecule has 3 nitrogen and oxygen atoms in total. The molecule has 0 bridgehead atoms. The summed E-state index contributed by atoms with van der Waals surface area (Å²) >= 11 is 0. The van der Waals surface area contributed by atoms with Gasteiger partial charge in [-0.2, -0.15) is 4.57 Å². The molecule has 0 amide bonds. The summed E-state index contributed by atoms with van der Waals surface area (Å²) in [5, 5.41) is 2.47. The standard InChI is InChI=1S/C24H25N2O.ClH/c1-25(2)15-16-27-19-13-14-23-21(17-19)24(18-9-5-4-6-10-18)20-11-7-8-12-22(20)26(23)3;/h4-14,17H,15-16H2,1-3H3;1H/q+1;/p-1. The van der Waals surface area contributed by atoms with Crippen molar-refractivity contribution in [3.63, 3.8) is 0 Å². The van der Waals surface area contributed by atoms with Gasteiger partial charge in [0.25, 0.3) is 0 Å². The lowest BCUT2D eigenvalue weighted by molar-refractivity contribution is -0.617.